The summed E-state index contributed by atoms with van der Waals surface area (Å²) in [4.78, 5) is 16.1. The highest BCUT2D eigenvalue weighted by Gasteiger charge is 2.32. The number of likely N-dealkylation sites (tertiary alicyclic amines) is 1. The molecule has 1 aliphatic carbocycles. The zero-order chi connectivity index (χ0) is 12.3. The molecule has 4 heteroatoms. The molecule has 2 fully saturated rings. The summed E-state index contributed by atoms with van der Waals surface area (Å²) in [6.45, 7) is 6.77. The molecule has 2 aliphatic rings. The lowest BCUT2D eigenvalue weighted by Crippen LogP contribution is -2.42. The van der Waals surface area contributed by atoms with Crippen LogP contribution in [0, 0.1) is 5.92 Å². The van der Waals surface area contributed by atoms with E-state index in [2.05, 4.69) is 9.80 Å². The number of carbonyl (C=O) groups is 1. The molecule has 0 bridgehead atoms. The van der Waals surface area contributed by atoms with Crippen LogP contribution in [0.4, 0.5) is 0 Å². The highest BCUT2D eigenvalue weighted by atomic mass is 16.2. The number of rotatable bonds is 5. The summed E-state index contributed by atoms with van der Waals surface area (Å²) in [7, 11) is 0. The molecule has 98 valence electrons. The second-order valence-corrected chi connectivity index (χ2v) is 5.48. The minimum Gasteiger partial charge on any atom is -0.340 e. The largest absolute Gasteiger partial charge is 0.340 e. The third kappa shape index (κ3) is 3.68. The Morgan fingerprint density at radius 1 is 1.29 bits per heavy atom. The number of piperidine rings is 1. The Morgan fingerprint density at radius 2 is 1.94 bits per heavy atom. The van der Waals surface area contributed by atoms with Gasteiger partial charge in [-0.3, -0.25) is 4.79 Å². The molecule has 1 saturated heterocycles. The van der Waals surface area contributed by atoms with Gasteiger partial charge in [-0.15, -0.1) is 0 Å². The average Bonchev–Trinajstić information content (AvgIpc) is 3.12. The van der Waals surface area contributed by atoms with Crippen molar-refractivity contribution in [1.82, 2.24) is 9.80 Å². The lowest BCUT2D eigenvalue weighted by molar-refractivity contribution is -0.130. The van der Waals surface area contributed by atoms with Gasteiger partial charge in [0.05, 0.1) is 0 Å². The molecule has 0 radical (unpaired) electrons. The molecule has 2 N–H and O–H groups in total. The first-order valence-corrected chi connectivity index (χ1v) is 6.90. The van der Waals surface area contributed by atoms with Crippen LogP contribution in [0.25, 0.3) is 0 Å². The average molecular weight is 239 g/mol. The van der Waals surface area contributed by atoms with E-state index in [4.69, 9.17) is 5.73 Å². The minimum atomic E-state index is 0.261. The minimum absolute atomic E-state index is 0.261. The number of hydrogen-bond donors (Lipinski definition) is 1. The third-order valence-corrected chi connectivity index (χ3v) is 4.00. The van der Waals surface area contributed by atoms with Crippen LogP contribution in [-0.4, -0.2) is 54.5 Å². The van der Waals surface area contributed by atoms with Gasteiger partial charge in [0, 0.05) is 32.6 Å². The summed E-state index contributed by atoms with van der Waals surface area (Å²) in [5.41, 5.74) is 5.57. The van der Waals surface area contributed by atoms with E-state index in [1.807, 2.05) is 0 Å². The predicted octanol–water partition coefficient (Wildman–Crippen LogP) is 0.668. The molecule has 0 atom stereocenters. The first kappa shape index (κ1) is 12.8. The van der Waals surface area contributed by atoms with E-state index in [1.54, 1.807) is 6.92 Å². The molecule has 1 saturated carbocycles. The highest BCUT2D eigenvalue weighted by molar-refractivity contribution is 5.74. The van der Waals surface area contributed by atoms with Gasteiger partial charge in [-0.1, -0.05) is 0 Å². The summed E-state index contributed by atoms with van der Waals surface area (Å²) in [5, 5.41) is 0. The molecule has 1 heterocycles. The van der Waals surface area contributed by atoms with Crippen molar-refractivity contribution < 1.29 is 4.79 Å². The number of carbonyl (C=O) groups excluding carboxylic acids is 1. The van der Waals surface area contributed by atoms with Crippen LogP contribution in [0.5, 0.6) is 0 Å². The summed E-state index contributed by atoms with van der Waals surface area (Å²) in [6, 6.07) is 0.564. The fourth-order valence-electron chi connectivity index (χ4n) is 2.77. The lowest BCUT2D eigenvalue weighted by atomic mass is 9.96. The van der Waals surface area contributed by atoms with Gasteiger partial charge in [0.2, 0.25) is 5.91 Å². The summed E-state index contributed by atoms with van der Waals surface area (Å²) in [5.74, 6) is 0.963. The standard InChI is InChI=1S/C13H25N3O/c1-11(17)16(13-2-3-13)10-12-4-7-15(8-5-12)9-6-14/h12-13H,2-10,14H2,1H3. The van der Waals surface area contributed by atoms with E-state index < -0.39 is 0 Å². The van der Waals surface area contributed by atoms with E-state index in [0.717, 1.165) is 32.7 Å². The lowest BCUT2D eigenvalue weighted by Gasteiger charge is -2.34. The molecule has 0 aromatic rings. The van der Waals surface area contributed by atoms with Crippen LogP contribution in [0.1, 0.15) is 32.6 Å². The van der Waals surface area contributed by atoms with Gasteiger partial charge in [-0.05, 0) is 44.7 Å². The smallest absolute Gasteiger partial charge is 0.219 e. The van der Waals surface area contributed by atoms with E-state index in [-0.39, 0.29) is 5.91 Å². The molecule has 17 heavy (non-hydrogen) atoms. The molecule has 0 aromatic heterocycles. The number of nitrogens with zero attached hydrogens (tertiary/aromatic N) is 2. The number of amides is 1. The van der Waals surface area contributed by atoms with Crippen molar-refractivity contribution >= 4 is 5.91 Å². The van der Waals surface area contributed by atoms with Crippen molar-refractivity contribution in [3.05, 3.63) is 0 Å². The SMILES string of the molecule is CC(=O)N(CC1CCN(CCN)CC1)C1CC1. The normalized spacial score (nSPS) is 22.7. The van der Waals surface area contributed by atoms with Crippen LogP contribution in [0.15, 0.2) is 0 Å². The van der Waals surface area contributed by atoms with Crippen molar-refractivity contribution in [2.24, 2.45) is 11.7 Å². The maximum atomic E-state index is 11.6. The van der Waals surface area contributed by atoms with Crippen molar-refractivity contribution in [2.75, 3.05) is 32.7 Å². The Bertz CT molecular complexity index is 257. The maximum Gasteiger partial charge on any atom is 0.219 e. The zero-order valence-electron chi connectivity index (χ0n) is 10.9. The second kappa shape index (κ2) is 5.83. The summed E-state index contributed by atoms with van der Waals surface area (Å²) >= 11 is 0. The first-order valence-electron chi connectivity index (χ1n) is 6.90. The molecule has 1 aliphatic heterocycles. The molecule has 0 unspecified atom stereocenters. The van der Waals surface area contributed by atoms with Crippen molar-refractivity contribution in [1.29, 1.82) is 0 Å². The fraction of sp³-hybridized carbons (Fsp3) is 0.923. The van der Waals surface area contributed by atoms with E-state index in [1.165, 1.54) is 25.7 Å². The van der Waals surface area contributed by atoms with Gasteiger partial charge in [-0.25, -0.2) is 0 Å². The molecule has 0 spiro atoms. The number of hydrogen-bond acceptors (Lipinski definition) is 3. The van der Waals surface area contributed by atoms with E-state index in [0.29, 0.717) is 12.0 Å². The van der Waals surface area contributed by atoms with Gasteiger partial charge in [0.25, 0.3) is 0 Å². The Labute approximate surface area is 104 Å². The summed E-state index contributed by atoms with van der Waals surface area (Å²) < 4.78 is 0. The van der Waals surface area contributed by atoms with Crippen LogP contribution in [-0.2, 0) is 4.79 Å². The molecule has 1 amide bonds. The van der Waals surface area contributed by atoms with Crippen LogP contribution in [0.2, 0.25) is 0 Å². The van der Waals surface area contributed by atoms with E-state index >= 15 is 0 Å². The van der Waals surface area contributed by atoms with Gasteiger partial charge >= 0.3 is 0 Å². The molecule has 2 rings (SSSR count). The van der Waals surface area contributed by atoms with Gasteiger partial charge in [0.1, 0.15) is 0 Å². The summed E-state index contributed by atoms with van der Waals surface area (Å²) in [6.07, 6.45) is 4.87. The second-order valence-electron chi connectivity index (χ2n) is 5.48. The molecule has 4 nitrogen and oxygen atoms in total. The first-order chi connectivity index (χ1) is 8.20. The van der Waals surface area contributed by atoms with Crippen LogP contribution >= 0.6 is 0 Å². The van der Waals surface area contributed by atoms with Crippen molar-refractivity contribution in [3.8, 4) is 0 Å². The Morgan fingerprint density at radius 3 is 2.41 bits per heavy atom. The van der Waals surface area contributed by atoms with Crippen molar-refractivity contribution in [2.45, 2.75) is 38.6 Å². The monoisotopic (exact) mass is 239 g/mol. The molecular weight excluding hydrogens is 214 g/mol. The maximum absolute atomic E-state index is 11.6. The van der Waals surface area contributed by atoms with Gasteiger partial charge in [-0.2, -0.15) is 0 Å². The molecule has 0 aromatic carbocycles. The predicted molar refractivity (Wildman–Crippen MR) is 68.6 cm³/mol. The van der Waals surface area contributed by atoms with Crippen LogP contribution < -0.4 is 5.73 Å². The highest BCUT2D eigenvalue weighted by Crippen LogP contribution is 2.29. The zero-order valence-corrected chi connectivity index (χ0v) is 10.9. The third-order valence-electron chi connectivity index (χ3n) is 4.00. The Hall–Kier alpha value is -0.610. The van der Waals surface area contributed by atoms with Gasteiger partial charge < -0.3 is 15.5 Å². The fourth-order valence-corrected chi connectivity index (χ4v) is 2.77. The topological polar surface area (TPSA) is 49.6 Å². The quantitative estimate of drug-likeness (QED) is 0.767. The Balaban J connectivity index is 1.74. The molecular formula is C13H25N3O. The Kier molecular flexibility index (Phi) is 4.40. The number of nitrogens with two attached hydrogens (primary N) is 1. The van der Waals surface area contributed by atoms with Crippen LogP contribution in [0.3, 0.4) is 0 Å². The van der Waals surface area contributed by atoms with Crippen molar-refractivity contribution in [3.63, 3.8) is 0 Å². The van der Waals surface area contributed by atoms with E-state index in [9.17, 15) is 4.79 Å². The van der Waals surface area contributed by atoms with Gasteiger partial charge in [0.15, 0.2) is 0 Å².